The van der Waals surface area contributed by atoms with Crippen molar-refractivity contribution in [2.24, 2.45) is 0 Å². The van der Waals surface area contributed by atoms with Gasteiger partial charge >= 0.3 is 88.7 Å². The van der Waals surface area contributed by atoms with E-state index in [9.17, 15) is 0 Å². The van der Waals surface area contributed by atoms with E-state index in [1.54, 1.807) is 0 Å². The van der Waals surface area contributed by atoms with Crippen molar-refractivity contribution in [2.45, 2.75) is 27.7 Å². The number of hydrogen-bond donors (Lipinski definition) is 4. The van der Waals surface area contributed by atoms with Gasteiger partial charge in [0, 0.05) is 27.7 Å². The number of aliphatic carboxylic acids is 4. The van der Waals surface area contributed by atoms with Gasteiger partial charge in [-0.3, -0.25) is 19.2 Å². The molecule has 0 fully saturated rings. The molecule has 10 nitrogen and oxygen atoms in total. The summed E-state index contributed by atoms with van der Waals surface area (Å²) >= 11 is 0. The minimum absolute atomic E-state index is 0. The molecule has 0 atom stereocenters. The molecule has 0 radical (unpaired) electrons. The van der Waals surface area contributed by atoms with Crippen molar-refractivity contribution in [3.8, 4) is 0 Å². The van der Waals surface area contributed by atoms with Crippen molar-refractivity contribution in [3.05, 3.63) is 13.2 Å². The summed E-state index contributed by atoms with van der Waals surface area (Å²) in [5.41, 5.74) is 0. The average Bonchev–Trinajstić information content (AvgIpc) is 2.01. The summed E-state index contributed by atoms with van der Waals surface area (Å²) in [4.78, 5) is 36.0. The molecule has 0 rings (SSSR count). The Morgan fingerprint density at radius 1 is 0.565 bits per heavy atom. The Hall–Kier alpha value is 0.540. The average molecular weight is 376 g/mol. The number of hydrogen-bond acceptors (Lipinski definition) is 4. The Labute approximate surface area is 206 Å². The zero-order chi connectivity index (χ0) is 16.3. The van der Waals surface area contributed by atoms with Gasteiger partial charge in [-0.15, -0.1) is 13.2 Å². The van der Waals surface area contributed by atoms with Gasteiger partial charge < -0.3 is 35.7 Å². The van der Waals surface area contributed by atoms with E-state index in [-0.39, 0.29) is 104 Å². The Balaban J connectivity index is -0.00000000694. The summed E-state index contributed by atoms with van der Waals surface area (Å²) in [6, 6.07) is 0. The van der Waals surface area contributed by atoms with Crippen LogP contribution in [-0.4, -0.2) is 55.3 Å². The van der Waals surface area contributed by atoms with Crippen molar-refractivity contribution in [1.29, 1.82) is 0 Å². The Morgan fingerprint density at radius 2 is 0.565 bits per heavy atom. The first kappa shape index (κ1) is 65.2. The first-order valence-corrected chi connectivity index (χ1v) is 4.21. The van der Waals surface area contributed by atoms with E-state index in [2.05, 4.69) is 13.2 Å². The van der Waals surface area contributed by atoms with E-state index >= 15 is 0 Å². The standard InChI is InChI=1S/4C2H4O2.C2H4.3Na.2H2O.3H/c4*1-2(3)4;1-2;;;;;;;;/h4*1H3,(H,3,4);1-2H2;;;;2*1H2;;;/q;;;;;3*+1;;;3*-1. The van der Waals surface area contributed by atoms with Crippen LogP contribution >= 0.6 is 0 Å². The van der Waals surface area contributed by atoms with Crippen molar-refractivity contribution in [1.82, 2.24) is 0 Å². The minimum Gasteiger partial charge on any atom is -1.00 e. The monoisotopic (exact) mass is 376 g/mol. The van der Waals surface area contributed by atoms with Crippen molar-refractivity contribution in [3.63, 3.8) is 0 Å². The maximum Gasteiger partial charge on any atom is 1.00 e. The summed E-state index contributed by atoms with van der Waals surface area (Å²) in [6.07, 6.45) is 0. The van der Waals surface area contributed by atoms with Crippen LogP contribution in [0.4, 0.5) is 0 Å². The third-order valence-electron chi connectivity index (χ3n) is 0. The fraction of sp³-hybridized carbons (Fsp3) is 0.400. The number of carboxylic acid groups (broad SMARTS) is 4. The van der Waals surface area contributed by atoms with Gasteiger partial charge in [0.15, 0.2) is 0 Å². The van der Waals surface area contributed by atoms with Gasteiger partial charge in [0.25, 0.3) is 23.9 Å². The van der Waals surface area contributed by atoms with Crippen LogP contribution in [0.5, 0.6) is 0 Å². The Bertz CT molecular complexity index is 198. The normalized spacial score (nSPS) is 4.52. The molecule has 0 saturated heterocycles. The second-order valence-electron chi connectivity index (χ2n) is 2.08. The van der Waals surface area contributed by atoms with Gasteiger partial charge in [0.1, 0.15) is 0 Å². The molecule has 0 heterocycles. The van der Waals surface area contributed by atoms with Crippen molar-refractivity contribution < 1.29 is 144 Å². The molecule has 0 bridgehead atoms. The first-order chi connectivity index (χ1) is 7.93. The van der Waals surface area contributed by atoms with Crippen molar-refractivity contribution in [2.75, 3.05) is 0 Å². The molecular weight excluding hydrogens is 349 g/mol. The van der Waals surface area contributed by atoms with Crippen LogP contribution in [0.1, 0.15) is 32.0 Å². The van der Waals surface area contributed by atoms with Gasteiger partial charge in [-0.25, -0.2) is 0 Å². The van der Waals surface area contributed by atoms with E-state index in [4.69, 9.17) is 39.6 Å². The SMILES string of the molecule is C=C.CC(=O)O.CC(=O)O.CC(=O)O.CC(=O)O.O.O.[H-].[H-].[H-].[Na+].[Na+].[Na+]. The zero-order valence-electron chi connectivity index (χ0n) is 17.8. The molecule has 13 heteroatoms. The van der Waals surface area contributed by atoms with Crippen molar-refractivity contribution >= 4 is 23.9 Å². The van der Waals surface area contributed by atoms with Gasteiger partial charge in [0.2, 0.25) is 0 Å². The molecule has 0 spiro atoms. The quantitative estimate of drug-likeness (QED) is 0.235. The number of rotatable bonds is 0. The van der Waals surface area contributed by atoms with E-state index in [1.165, 1.54) is 0 Å². The van der Waals surface area contributed by atoms with E-state index in [0.717, 1.165) is 27.7 Å². The number of carbonyl (C=O) groups is 4. The van der Waals surface area contributed by atoms with Gasteiger partial charge in [-0.1, -0.05) is 0 Å². The van der Waals surface area contributed by atoms with Gasteiger partial charge in [-0.05, 0) is 0 Å². The molecule has 0 unspecified atom stereocenters. The Morgan fingerprint density at radius 3 is 0.565 bits per heavy atom. The number of carboxylic acids is 4. The van der Waals surface area contributed by atoms with Gasteiger partial charge in [0.05, 0.1) is 0 Å². The smallest absolute Gasteiger partial charge is 1.00 e. The zero-order valence-corrected chi connectivity index (χ0v) is 20.8. The van der Waals surface area contributed by atoms with E-state index in [1.807, 2.05) is 0 Å². The molecule has 0 amide bonds. The van der Waals surface area contributed by atoms with Crippen LogP contribution < -0.4 is 88.7 Å². The first-order valence-electron chi connectivity index (χ1n) is 4.21. The third kappa shape index (κ3) is 32600. The summed E-state index contributed by atoms with van der Waals surface area (Å²) in [6.45, 7) is 10.3. The molecule has 0 aliphatic carbocycles. The summed E-state index contributed by atoms with van der Waals surface area (Å²) < 4.78 is 0. The van der Waals surface area contributed by atoms with Crippen LogP contribution in [0, 0.1) is 0 Å². The molecule has 0 aromatic rings. The summed E-state index contributed by atoms with van der Waals surface area (Å²) in [5.74, 6) is -3.33. The predicted octanol–water partition coefficient (Wildman–Crippen LogP) is -9.13. The molecule has 0 aromatic carbocycles. The molecule has 0 aliphatic rings. The minimum atomic E-state index is -0.833. The second kappa shape index (κ2) is 66.5. The second-order valence-corrected chi connectivity index (χ2v) is 2.08. The third-order valence-corrected chi connectivity index (χ3v) is 0. The molecule has 0 saturated carbocycles. The largest absolute Gasteiger partial charge is 1.00 e. The fourth-order valence-electron chi connectivity index (χ4n) is 0. The molecule has 23 heavy (non-hydrogen) atoms. The summed E-state index contributed by atoms with van der Waals surface area (Å²) in [5, 5.41) is 29.7. The van der Waals surface area contributed by atoms with E-state index in [0.29, 0.717) is 0 Å². The van der Waals surface area contributed by atoms with Crippen LogP contribution in [0.3, 0.4) is 0 Å². The molecule has 130 valence electrons. The van der Waals surface area contributed by atoms with Crippen LogP contribution in [-0.2, 0) is 19.2 Å². The van der Waals surface area contributed by atoms with E-state index < -0.39 is 23.9 Å². The topological polar surface area (TPSA) is 212 Å². The molecule has 0 aromatic heterocycles. The Kier molecular flexibility index (Phi) is 189. The van der Waals surface area contributed by atoms with Crippen LogP contribution in [0.15, 0.2) is 13.2 Å². The maximum absolute atomic E-state index is 9.00. The van der Waals surface area contributed by atoms with Crippen LogP contribution in [0.2, 0.25) is 0 Å². The predicted molar refractivity (Wildman–Crippen MR) is 75.1 cm³/mol. The molecular formula is C10H27Na3O10. The summed E-state index contributed by atoms with van der Waals surface area (Å²) in [7, 11) is 0. The fourth-order valence-corrected chi connectivity index (χ4v) is 0. The maximum atomic E-state index is 9.00. The van der Waals surface area contributed by atoms with Gasteiger partial charge in [-0.2, -0.15) is 0 Å². The molecule has 0 aliphatic heterocycles. The van der Waals surface area contributed by atoms with Crippen LogP contribution in [0.25, 0.3) is 0 Å². The molecule has 8 N–H and O–H groups in total.